The van der Waals surface area contributed by atoms with Crippen LogP contribution in [0, 0.1) is 23.2 Å². The summed E-state index contributed by atoms with van der Waals surface area (Å²) in [6.45, 7) is 10.7. The zero-order valence-corrected chi connectivity index (χ0v) is 20.1. The van der Waals surface area contributed by atoms with Crippen LogP contribution in [0.15, 0.2) is 29.3 Å². The molecule has 33 heavy (non-hydrogen) atoms. The molecule has 0 bridgehead atoms. The lowest BCUT2D eigenvalue weighted by Gasteiger charge is -2.42. The highest BCUT2D eigenvalue weighted by Crippen LogP contribution is 2.30. The van der Waals surface area contributed by atoms with E-state index in [9.17, 15) is 4.79 Å². The average Bonchev–Trinajstić information content (AvgIpc) is 3.18. The first-order valence-corrected chi connectivity index (χ1v) is 12.4. The van der Waals surface area contributed by atoms with Crippen LogP contribution in [-0.4, -0.2) is 78.5 Å². The predicted octanol–water partition coefficient (Wildman–Crippen LogP) is 3.74. The van der Waals surface area contributed by atoms with E-state index < -0.39 is 0 Å². The van der Waals surface area contributed by atoms with Crippen molar-refractivity contribution in [2.75, 3.05) is 45.9 Å². The van der Waals surface area contributed by atoms with Crippen LogP contribution in [0.2, 0.25) is 0 Å². The number of benzene rings is 1. The first-order valence-electron chi connectivity index (χ1n) is 12.4. The highest BCUT2D eigenvalue weighted by Gasteiger charge is 2.37. The molecule has 0 spiro atoms. The van der Waals surface area contributed by atoms with Crippen molar-refractivity contribution < 1.29 is 9.53 Å². The number of hydrogen-bond donors (Lipinski definition) is 0. The van der Waals surface area contributed by atoms with E-state index >= 15 is 0 Å². The van der Waals surface area contributed by atoms with Crippen molar-refractivity contribution in [2.45, 2.75) is 51.6 Å². The van der Waals surface area contributed by atoms with Crippen LogP contribution in [0.1, 0.15) is 50.7 Å². The van der Waals surface area contributed by atoms with Gasteiger partial charge in [-0.25, -0.2) is 4.79 Å². The summed E-state index contributed by atoms with van der Waals surface area (Å²) in [4.78, 5) is 23.8. The van der Waals surface area contributed by atoms with Crippen LogP contribution in [0.4, 0.5) is 4.79 Å². The number of nitriles is 1. The molecule has 3 aliphatic rings. The number of amides is 1. The minimum absolute atomic E-state index is 0.0757. The summed E-state index contributed by atoms with van der Waals surface area (Å²) in [6.07, 6.45) is 6.81. The van der Waals surface area contributed by atoms with Crippen molar-refractivity contribution in [1.82, 2.24) is 14.7 Å². The van der Waals surface area contributed by atoms with Crippen molar-refractivity contribution in [3.8, 4) is 6.07 Å². The maximum Gasteiger partial charge on any atom is 0.409 e. The molecule has 2 unspecified atom stereocenters. The number of ether oxygens (including phenoxy) is 1. The van der Waals surface area contributed by atoms with E-state index in [-0.39, 0.29) is 11.6 Å². The standard InChI is InChI=1S/C26H37N5O2/c1-21-5-3-4-6-24(21)17-33-25(32)30-13-11-29(12-14-30)19-26(2)18-28-20-31(26)16-23-9-7-22(15-27)8-10-23/h7-10,20-21,24H,3-6,11-14,16-19H2,1-2H3/t21-,24?,26?/m1/s1. The maximum atomic E-state index is 12.6. The Morgan fingerprint density at radius 3 is 2.61 bits per heavy atom. The van der Waals surface area contributed by atoms with Gasteiger partial charge in [0.15, 0.2) is 0 Å². The lowest BCUT2D eigenvalue weighted by molar-refractivity contribution is 0.0434. The molecule has 2 fully saturated rings. The Labute approximate surface area is 198 Å². The van der Waals surface area contributed by atoms with Crippen LogP contribution < -0.4 is 0 Å². The van der Waals surface area contributed by atoms with Gasteiger partial charge >= 0.3 is 6.09 Å². The number of hydrogen-bond acceptors (Lipinski definition) is 6. The van der Waals surface area contributed by atoms with Crippen molar-refractivity contribution in [1.29, 1.82) is 5.26 Å². The first kappa shape index (κ1) is 23.6. The third-order valence-corrected chi connectivity index (χ3v) is 7.69. The van der Waals surface area contributed by atoms with E-state index in [1.54, 1.807) is 0 Å². The Morgan fingerprint density at radius 2 is 1.91 bits per heavy atom. The van der Waals surface area contributed by atoms with E-state index in [0.717, 1.165) is 32.7 Å². The van der Waals surface area contributed by atoms with E-state index in [0.29, 0.717) is 37.1 Å². The van der Waals surface area contributed by atoms with E-state index in [4.69, 9.17) is 10.00 Å². The normalized spacial score (nSPS) is 28.0. The molecule has 2 heterocycles. The second kappa shape index (κ2) is 10.6. The van der Waals surface area contributed by atoms with Gasteiger partial charge in [-0.2, -0.15) is 5.26 Å². The highest BCUT2D eigenvalue weighted by molar-refractivity contribution is 5.67. The van der Waals surface area contributed by atoms with E-state index in [1.807, 2.05) is 35.5 Å². The number of piperazine rings is 1. The average molecular weight is 452 g/mol. The summed E-state index contributed by atoms with van der Waals surface area (Å²) >= 11 is 0. The van der Waals surface area contributed by atoms with Crippen LogP contribution in [-0.2, 0) is 11.3 Å². The number of carbonyl (C=O) groups excluding carboxylic acids is 1. The fourth-order valence-electron chi connectivity index (χ4n) is 5.30. The summed E-state index contributed by atoms with van der Waals surface area (Å²) in [7, 11) is 0. The molecule has 1 saturated heterocycles. The minimum atomic E-state index is -0.148. The molecule has 2 aliphatic heterocycles. The van der Waals surface area contributed by atoms with Crippen molar-refractivity contribution in [2.24, 2.45) is 16.8 Å². The number of aliphatic imine (C=N–C) groups is 1. The Balaban J connectivity index is 1.23. The van der Waals surface area contributed by atoms with Crippen molar-refractivity contribution in [3.63, 3.8) is 0 Å². The van der Waals surface area contributed by atoms with Gasteiger partial charge in [0, 0.05) is 39.3 Å². The Kier molecular flexibility index (Phi) is 7.54. The van der Waals surface area contributed by atoms with Gasteiger partial charge in [0.1, 0.15) is 0 Å². The zero-order valence-electron chi connectivity index (χ0n) is 20.1. The number of carbonyl (C=O) groups is 1. The van der Waals surface area contributed by atoms with Crippen LogP contribution in [0.3, 0.4) is 0 Å². The fraction of sp³-hybridized carbons (Fsp3) is 0.654. The SMILES string of the molecule is C[C@@H]1CCCCC1COC(=O)N1CCN(CC2(C)CN=CN2Cc2ccc(C#N)cc2)CC1. The van der Waals surface area contributed by atoms with Crippen molar-refractivity contribution >= 4 is 12.4 Å². The summed E-state index contributed by atoms with van der Waals surface area (Å²) in [5.41, 5.74) is 1.78. The molecule has 1 aromatic rings. The second-order valence-corrected chi connectivity index (χ2v) is 10.3. The highest BCUT2D eigenvalue weighted by atomic mass is 16.6. The topological polar surface area (TPSA) is 72.2 Å². The third-order valence-electron chi connectivity index (χ3n) is 7.69. The summed E-state index contributed by atoms with van der Waals surface area (Å²) < 4.78 is 5.70. The second-order valence-electron chi connectivity index (χ2n) is 10.3. The molecule has 1 saturated carbocycles. The van der Waals surface area contributed by atoms with Gasteiger partial charge < -0.3 is 14.5 Å². The van der Waals surface area contributed by atoms with Gasteiger partial charge in [-0.1, -0.05) is 38.3 Å². The van der Waals surface area contributed by atoms with Gasteiger partial charge in [-0.3, -0.25) is 9.89 Å². The molecule has 3 atom stereocenters. The molecule has 7 nitrogen and oxygen atoms in total. The Bertz CT molecular complexity index is 872. The largest absolute Gasteiger partial charge is 0.449 e. The quantitative estimate of drug-likeness (QED) is 0.659. The van der Waals surface area contributed by atoms with Gasteiger partial charge in [0.05, 0.1) is 36.7 Å². The lowest BCUT2D eigenvalue weighted by Crippen LogP contribution is -2.57. The van der Waals surface area contributed by atoms with Crippen LogP contribution in [0.25, 0.3) is 0 Å². The molecule has 1 amide bonds. The first-order chi connectivity index (χ1) is 16.0. The zero-order chi connectivity index (χ0) is 23.3. The molecule has 178 valence electrons. The molecule has 7 heteroatoms. The molecular weight excluding hydrogens is 414 g/mol. The third kappa shape index (κ3) is 5.86. The van der Waals surface area contributed by atoms with Gasteiger partial charge in [-0.05, 0) is 42.9 Å². The van der Waals surface area contributed by atoms with Crippen LogP contribution in [0.5, 0.6) is 0 Å². The van der Waals surface area contributed by atoms with Gasteiger partial charge in [0.2, 0.25) is 0 Å². The van der Waals surface area contributed by atoms with Gasteiger partial charge in [-0.15, -0.1) is 0 Å². The molecule has 0 N–H and O–H groups in total. The molecule has 1 aromatic carbocycles. The van der Waals surface area contributed by atoms with E-state index in [1.165, 1.54) is 31.2 Å². The lowest BCUT2D eigenvalue weighted by atomic mass is 9.81. The smallest absolute Gasteiger partial charge is 0.409 e. The summed E-state index contributed by atoms with van der Waals surface area (Å²) in [6, 6.07) is 9.94. The molecule has 0 radical (unpaired) electrons. The molecule has 0 aromatic heterocycles. The predicted molar refractivity (Wildman–Crippen MR) is 129 cm³/mol. The minimum Gasteiger partial charge on any atom is -0.449 e. The van der Waals surface area contributed by atoms with Crippen LogP contribution >= 0.6 is 0 Å². The Hall–Kier alpha value is -2.59. The van der Waals surface area contributed by atoms with Crippen molar-refractivity contribution in [3.05, 3.63) is 35.4 Å². The Morgan fingerprint density at radius 1 is 1.18 bits per heavy atom. The van der Waals surface area contributed by atoms with Gasteiger partial charge in [0.25, 0.3) is 0 Å². The van der Waals surface area contributed by atoms with E-state index in [2.05, 4.69) is 34.7 Å². The molecule has 1 aliphatic carbocycles. The summed E-state index contributed by atoms with van der Waals surface area (Å²) in [5, 5.41) is 9.01. The molecular formula is C26H37N5O2. The fourth-order valence-corrected chi connectivity index (χ4v) is 5.30. The number of rotatable bonds is 6. The maximum absolute atomic E-state index is 12.6. The monoisotopic (exact) mass is 451 g/mol. The molecule has 4 rings (SSSR count). The number of nitrogens with zero attached hydrogens (tertiary/aromatic N) is 5. The summed E-state index contributed by atoms with van der Waals surface area (Å²) in [5.74, 6) is 1.18.